The molecule has 0 radical (unpaired) electrons. The summed E-state index contributed by atoms with van der Waals surface area (Å²) in [4.78, 5) is 33.0. The lowest BCUT2D eigenvalue weighted by atomic mass is 9.65. The Kier molecular flexibility index (Phi) is 7.98. The van der Waals surface area contributed by atoms with Gasteiger partial charge in [0.2, 0.25) is 5.91 Å². The predicted molar refractivity (Wildman–Crippen MR) is 180 cm³/mol. The Bertz CT molecular complexity index is 1820. The molecule has 6 nitrogen and oxygen atoms in total. The lowest BCUT2D eigenvalue weighted by Crippen LogP contribution is -2.55. The number of hydrogen-bond donors (Lipinski definition) is 1. The van der Waals surface area contributed by atoms with E-state index in [1.165, 1.54) is 0 Å². The molecule has 1 aromatic heterocycles. The number of aromatic nitrogens is 1. The monoisotopic (exact) mass is 595 g/mol. The molecule has 0 aliphatic carbocycles. The summed E-state index contributed by atoms with van der Waals surface area (Å²) >= 11 is 0. The molecule has 0 fully saturated rings. The number of nitrogens with zero attached hydrogens (tertiary/aromatic N) is 2. The second-order valence-corrected chi connectivity index (χ2v) is 12.5. The molecule has 2 amide bonds. The van der Waals surface area contributed by atoms with Crippen molar-refractivity contribution in [3.05, 3.63) is 144 Å². The van der Waals surface area contributed by atoms with Crippen molar-refractivity contribution < 1.29 is 14.3 Å². The average Bonchev–Trinajstić information content (AvgIpc) is 3.05. The Balaban J connectivity index is 1.44. The number of fused-ring (bicyclic) bond motifs is 1. The van der Waals surface area contributed by atoms with Gasteiger partial charge in [-0.2, -0.15) is 0 Å². The lowest BCUT2D eigenvalue weighted by molar-refractivity contribution is -0.117. The highest BCUT2D eigenvalue weighted by molar-refractivity contribution is 6.06. The van der Waals surface area contributed by atoms with E-state index in [1.54, 1.807) is 19.3 Å². The Morgan fingerprint density at radius 2 is 1.51 bits per heavy atom. The third-order valence-electron chi connectivity index (χ3n) is 8.67. The Morgan fingerprint density at radius 1 is 0.844 bits per heavy atom. The summed E-state index contributed by atoms with van der Waals surface area (Å²) in [5, 5.41) is 3.14. The molecule has 1 aliphatic heterocycles. The van der Waals surface area contributed by atoms with E-state index in [0.717, 1.165) is 33.5 Å². The summed E-state index contributed by atoms with van der Waals surface area (Å²) in [6.07, 6.45) is 4.16. The molecule has 45 heavy (non-hydrogen) atoms. The van der Waals surface area contributed by atoms with E-state index in [4.69, 9.17) is 4.74 Å². The molecule has 5 aromatic rings. The van der Waals surface area contributed by atoms with Crippen LogP contribution in [0.4, 0.5) is 11.4 Å². The molecule has 1 unspecified atom stereocenters. The Hall–Kier alpha value is -5.23. The van der Waals surface area contributed by atoms with Crippen molar-refractivity contribution in [3.63, 3.8) is 0 Å². The van der Waals surface area contributed by atoms with Gasteiger partial charge >= 0.3 is 0 Å². The van der Waals surface area contributed by atoms with Crippen LogP contribution in [0.15, 0.2) is 122 Å². The molecule has 1 aliphatic rings. The molecule has 0 bridgehead atoms. The number of rotatable bonds is 7. The molecular formula is C39H37N3O3. The first kappa shape index (κ1) is 29.8. The van der Waals surface area contributed by atoms with Gasteiger partial charge in [-0.3, -0.25) is 14.6 Å². The van der Waals surface area contributed by atoms with Crippen LogP contribution in [0, 0.1) is 0 Å². The fourth-order valence-electron chi connectivity index (χ4n) is 6.72. The topological polar surface area (TPSA) is 71.5 Å². The molecule has 0 saturated carbocycles. The Morgan fingerprint density at radius 3 is 2.16 bits per heavy atom. The van der Waals surface area contributed by atoms with Gasteiger partial charge in [-0.05, 0) is 66.8 Å². The standard InChI is InChI=1S/C39H37N3O3/c1-27(43)42-35-23-36(45-25-28-12-11-21-40-24-28)34(22-33(35)39(4,26-38(42,2)3)32-15-9-6-10-16-32)41-37(44)31-19-17-30(18-20-31)29-13-7-5-8-14-29/h5-24H,25-26H2,1-4H3,(H,41,44). The van der Waals surface area contributed by atoms with Crippen LogP contribution in [-0.4, -0.2) is 22.3 Å². The zero-order chi connectivity index (χ0) is 31.6. The first-order chi connectivity index (χ1) is 21.7. The number of benzene rings is 4. The molecule has 0 spiro atoms. The number of carbonyl (C=O) groups excluding carboxylic acids is 2. The summed E-state index contributed by atoms with van der Waals surface area (Å²) in [6, 6.07) is 35.7. The minimum atomic E-state index is -0.477. The van der Waals surface area contributed by atoms with Gasteiger partial charge in [0.1, 0.15) is 12.4 Å². The number of carbonyl (C=O) groups is 2. The van der Waals surface area contributed by atoms with Crippen molar-refractivity contribution in [2.45, 2.75) is 51.7 Å². The van der Waals surface area contributed by atoms with E-state index in [2.05, 4.69) is 43.2 Å². The molecule has 6 rings (SSSR count). The van der Waals surface area contributed by atoms with Crippen LogP contribution in [0.3, 0.4) is 0 Å². The summed E-state index contributed by atoms with van der Waals surface area (Å²) in [6.45, 7) is 8.26. The maximum atomic E-state index is 13.7. The van der Waals surface area contributed by atoms with Gasteiger partial charge in [0.15, 0.2) is 0 Å². The minimum absolute atomic E-state index is 0.0511. The second-order valence-electron chi connectivity index (χ2n) is 12.5. The van der Waals surface area contributed by atoms with Gasteiger partial charge < -0.3 is 15.0 Å². The van der Waals surface area contributed by atoms with Crippen molar-refractivity contribution >= 4 is 23.2 Å². The number of ether oxygens (including phenoxy) is 1. The minimum Gasteiger partial charge on any atom is -0.487 e. The second kappa shape index (κ2) is 12.0. The summed E-state index contributed by atoms with van der Waals surface area (Å²) in [7, 11) is 0. The predicted octanol–water partition coefficient (Wildman–Crippen LogP) is 8.42. The fraction of sp³-hybridized carbons (Fsp3) is 0.205. The van der Waals surface area contributed by atoms with Crippen molar-refractivity contribution in [3.8, 4) is 16.9 Å². The fourth-order valence-corrected chi connectivity index (χ4v) is 6.72. The Labute approximate surface area is 264 Å². The van der Waals surface area contributed by atoms with Crippen LogP contribution in [0.5, 0.6) is 5.75 Å². The number of amides is 2. The first-order valence-corrected chi connectivity index (χ1v) is 15.2. The largest absolute Gasteiger partial charge is 0.487 e. The van der Waals surface area contributed by atoms with Crippen molar-refractivity contribution in [2.75, 3.05) is 10.2 Å². The van der Waals surface area contributed by atoms with Crippen LogP contribution in [0.1, 0.15) is 61.2 Å². The van der Waals surface area contributed by atoms with Crippen LogP contribution in [0.25, 0.3) is 11.1 Å². The molecular weight excluding hydrogens is 558 g/mol. The van der Waals surface area contributed by atoms with E-state index < -0.39 is 11.0 Å². The SMILES string of the molecule is CC(=O)N1c2cc(OCc3cccnc3)c(NC(=O)c3ccc(-c4ccccc4)cc3)cc2C(C)(c2ccccc2)CC1(C)C. The molecule has 226 valence electrons. The van der Waals surface area contributed by atoms with E-state index in [0.29, 0.717) is 23.4 Å². The number of pyridine rings is 1. The highest BCUT2D eigenvalue weighted by Crippen LogP contribution is 2.53. The third kappa shape index (κ3) is 5.96. The van der Waals surface area contributed by atoms with E-state index in [-0.39, 0.29) is 18.4 Å². The number of anilines is 2. The van der Waals surface area contributed by atoms with Crippen LogP contribution in [0.2, 0.25) is 0 Å². The smallest absolute Gasteiger partial charge is 0.255 e. The van der Waals surface area contributed by atoms with Gasteiger partial charge in [0.05, 0.1) is 11.4 Å². The molecule has 2 heterocycles. The molecule has 1 atom stereocenters. The van der Waals surface area contributed by atoms with Crippen LogP contribution >= 0.6 is 0 Å². The lowest BCUT2D eigenvalue weighted by Gasteiger charge is -2.51. The summed E-state index contributed by atoms with van der Waals surface area (Å²) < 4.78 is 6.38. The molecule has 4 aromatic carbocycles. The van der Waals surface area contributed by atoms with Crippen molar-refractivity contribution in [1.29, 1.82) is 0 Å². The highest BCUT2D eigenvalue weighted by Gasteiger charge is 2.47. The van der Waals surface area contributed by atoms with Gasteiger partial charge in [-0.25, -0.2) is 0 Å². The molecule has 0 saturated heterocycles. The highest BCUT2D eigenvalue weighted by atomic mass is 16.5. The molecule has 6 heteroatoms. The normalized spacial score (nSPS) is 16.8. The first-order valence-electron chi connectivity index (χ1n) is 15.2. The van der Waals surface area contributed by atoms with Gasteiger partial charge in [0, 0.05) is 47.5 Å². The zero-order valence-corrected chi connectivity index (χ0v) is 26.1. The maximum Gasteiger partial charge on any atom is 0.255 e. The molecule has 1 N–H and O–H groups in total. The maximum absolute atomic E-state index is 13.7. The van der Waals surface area contributed by atoms with Gasteiger partial charge in [-0.1, -0.05) is 85.8 Å². The van der Waals surface area contributed by atoms with E-state index in [9.17, 15) is 9.59 Å². The van der Waals surface area contributed by atoms with Crippen molar-refractivity contribution in [2.24, 2.45) is 0 Å². The summed E-state index contributed by atoms with van der Waals surface area (Å²) in [5.41, 5.74) is 6.03. The zero-order valence-electron chi connectivity index (χ0n) is 26.1. The quantitative estimate of drug-likeness (QED) is 0.205. The van der Waals surface area contributed by atoms with E-state index >= 15 is 0 Å². The number of hydrogen-bond acceptors (Lipinski definition) is 4. The van der Waals surface area contributed by atoms with Crippen molar-refractivity contribution in [1.82, 2.24) is 4.98 Å². The van der Waals surface area contributed by atoms with Crippen LogP contribution in [-0.2, 0) is 16.8 Å². The average molecular weight is 596 g/mol. The van der Waals surface area contributed by atoms with Gasteiger partial charge in [0.25, 0.3) is 5.91 Å². The van der Waals surface area contributed by atoms with Gasteiger partial charge in [-0.15, -0.1) is 0 Å². The number of nitrogens with one attached hydrogen (secondary N) is 1. The van der Waals surface area contributed by atoms with Crippen LogP contribution < -0.4 is 15.0 Å². The van der Waals surface area contributed by atoms with E-state index in [1.807, 2.05) is 102 Å². The summed E-state index contributed by atoms with van der Waals surface area (Å²) in [5.74, 6) is 0.179. The third-order valence-corrected chi connectivity index (χ3v) is 8.67.